The van der Waals surface area contributed by atoms with Crippen molar-refractivity contribution in [3.63, 3.8) is 0 Å². The highest BCUT2D eigenvalue weighted by Gasteiger charge is 2.12. The van der Waals surface area contributed by atoms with Gasteiger partial charge < -0.3 is 15.4 Å². The molecule has 2 N–H and O–H groups in total. The van der Waals surface area contributed by atoms with Crippen molar-refractivity contribution < 1.29 is 13.9 Å². The fraction of sp³-hybridized carbons (Fsp3) is 0.286. The highest BCUT2D eigenvalue weighted by molar-refractivity contribution is 5.75. The Hall–Kier alpha value is -2.57. The number of hydrogen-bond acceptors (Lipinski definition) is 4. The summed E-state index contributed by atoms with van der Waals surface area (Å²) >= 11 is 0. The van der Waals surface area contributed by atoms with Crippen LogP contribution in [0, 0.1) is 5.82 Å². The zero-order chi connectivity index (χ0) is 15.4. The monoisotopic (exact) mass is 292 g/mol. The Morgan fingerprint density at radius 2 is 2.29 bits per heavy atom. The van der Waals surface area contributed by atoms with Crippen LogP contribution in [0.25, 0.3) is 0 Å². The van der Waals surface area contributed by atoms with Crippen LogP contribution in [-0.4, -0.2) is 34.7 Å². The first-order chi connectivity index (χ1) is 9.99. The lowest BCUT2D eigenvalue weighted by Crippen LogP contribution is -2.30. The third-order valence-electron chi connectivity index (χ3n) is 3.01. The smallest absolute Gasteiger partial charge is 0.244 e. The van der Waals surface area contributed by atoms with E-state index in [1.807, 2.05) is 0 Å². The molecule has 0 fully saturated rings. The predicted octanol–water partition coefficient (Wildman–Crippen LogP) is 1.27. The summed E-state index contributed by atoms with van der Waals surface area (Å²) in [5.41, 5.74) is 6.72. The van der Waals surface area contributed by atoms with Crippen molar-refractivity contribution in [2.45, 2.75) is 13.1 Å². The number of likely N-dealkylation sites (N-methyl/N-ethyl adjacent to an activating group) is 1. The number of halogens is 1. The van der Waals surface area contributed by atoms with Gasteiger partial charge >= 0.3 is 0 Å². The van der Waals surface area contributed by atoms with E-state index >= 15 is 0 Å². The molecule has 0 spiro atoms. The van der Waals surface area contributed by atoms with Gasteiger partial charge in [0, 0.05) is 19.8 Å². The number of methoxy groups -OCH3 is 1. The van der Waals surface area contributed by atoms with Crippen LogP contribution in [-0.2, 0) is 17.9 Å². The van der Waals surface area contributed by atoms with Crippen LogP contribution < -0.4 is 10.5 Å². The Morgan fingerprint density at radius 1 is 1.52 bits per heavy atom. The molecule has 6 nitrogen and oxygen atoms in total. The normalized spacial score (nSPS) is 10.4. The number of benzene rings is 1. The number of carbonyl (C=O) groups excluding carboxylic acids is 1. The number of carbonyl (C=O) groups is 1. The van der Waals surface area contributed by atoms with Crippen molar-refractivity contribution in [3.05, 3.63) is 42.0 Å². The molecule has 2 aromatic rings. The zero-order valence-electron chi connectivity index (χ0n) is 11.9. The molecule has 1 aromatic heterocycles. The number of ether oxygens (including phenoxy) is 1. The topological polar surface area (TPSA) is 73.4 Å². The fourth-order valence-electron chi connectivity index (χ4n) is 1.90. The molecule has 0 bridgehead atoms. The van der Waals surface area contributed by atoms with Crippen molar-refractivity contribution in [1.29, 1.82) is 0 Å². The van der Waals surface area contributed by atoms with Gasteiger partial charge in [-0.3, -0.25) is 9.48 Å². The van der Waals surface area contributed by atoms with Crippen molar-refractivity contribution in [3.8, 4) is 5.75 Å². The highest BCUT2D eigenvalue weighted by Crippen LogP contribution is 2.18. The lowest BCUT2D eigenvalue weighted by atomic mass is 10.2. The van der Waals surface area contributed by atoms with Gasteiger partial charge in [-0.25, -0.2) is 4.39 Å². The van der Waals surface area contributed by atoms with Gasteiger partial charge in [0.2, 0.25) is 5.91 Å². The van der Waals surface area contributed by atoms with Crippen LogP contribution in [0.3, 0.4) is 0 Å². The van der Waals surface area contributed by atoms with Crippen LogP contribution in [0.4, 0.5) is 10.1 Å². The minimum Gasteiger partial charge on any atom is -0.494 e. The number of aromatic nitrogens is 2. The second-order valence-corrected chi connectivity index (χ2v) is 4.69. The van der Waals surface area contributed by atoms with E-state index in [-0.39, 0.29) is 18.2 Å². The molecule has 1 heterocycles. The summed E-state index contributed by atoms with van der Waals surface area (Å²) < 4.78 is 19.9. The van der Waals surface area contributed by atoms with Gasteiger partial charge in [0.1, 0.15) is 6.54 Å². The van der Waals surface area contributed by atoms with Crippen LogP contribution in [0.15, 0.2) is 30.6 Å². The van der Waals surface area contributed by atoms with Crippen LogP contribution in [0.2, 0.25) is 0 Å². The number of hydrogen-bond donors (Lipinski definition) is 1. The van der Waals surface area contributed by atoms with Gasteiger partial charge in [-0.1, -0.05) is 6.07 Å². The van der Waals surface area contributed by atoms with Crippen LogP contribution >= 0.6 is 0 Å². The van der Waals surface area contributed by atoms with E-state index in [1.165, 1.54) is 35.0 Å². The van der Waals surface area contributed by atoms with Gasteiger partial charge in [-0.15, -0.1) is 0 Å². The molecule has 0 radical (unpaired) electrons. The Balaban J connectivity index is 1.98. The maximum atomic E-state index is 13.6. The largest absolute Gasteiger partial charge is 0.494 e. The first kappa shape index (κ1) is 14.8. The molecule has 0 aliphatic heterocycles. The maximum absolute atomic E-state index is 13.6. The Morgan fingerprint density at radius 3 is 2.86 bits per heavy atom. The number of nitrogens with two attached hydrogens (primary N) is 1. The molecule has 1 aromatic carbocycles. The zero-order valence-corrected chi connectivity index (χ0v) is 11.9. The molecular weight excluding hydrogens is 275 g/mol. The summed E-state index contributed by atoms with van der Waals surface area (Å²) in [6, 6.07) is 4.61. The minimum atomic E-state index is -0.448. The lowest BCUT2D eigenvalue weighted by molar-refractivity contribution is -0.131. The molecule has 7 heteroatoms. The van der Waals surface area contributed by atoms with Gasteiger partial charge in [0.25, 0.3) is 0 Å². The van der Waals surface area contributed by atoms with E-state index in [0.717, 1.165) is 0 Å². The SMILES string of the molecule is COc1ccc(CN(C)C(=O)Cn2cc(N)cn2)cc1F. The molecule has 0 atom stereocenters. The number of rotatable bonds is 5. The summed E-state index contributed by atoms with van der Waals surface area (Å²) in [5.74, 6) is -0.412. The Bertz CT molecular complexity index is 642. The standard InChI is InChI=1S/C14H17FN4O2/c1-18(14(20)9-19-8-11(16)6-17-19)7-10-3-4-13(21-2)12(15)5-10/h3-6,8H,7,9,16H2,1-2H3. The van der Waals surface area contributed by atoms with E-state index in [2.05, 4.69) is 5.10 Å². The second-order valence-electron chi connectivity index (χ2n) is 4.69. The van der Waals surface area contributed by atoms with Crippen LogP contribution in [0.1, 0.15) is 5.56 Å². The Kier molecular flexibility index (Phi) is 4.42. The first-order valence-corrected chi connectivity index (χ1v) is 6.34. The molecule has 2 rings (SSSR count). The molecular formula is C14H17FN4O2. The molecule has 0 saturated carbocycles. The average Bonchev–Trinajstić information content (AvgIpc) is 2.84. The molecule has 0 aliphatic carbocycles. The average molecular weight is 292 g/mol. The molecule has 0 unspecified atom stereocenters. The third-order valence-corrected chi connectivity index (χ3v) is 3.01. The van der Waals surface area contributed by atoms with Crippen LogP contribution in [0.5, 0.6) is 5.75 Å². The summed E-state index contributed by atoms with van der Waals surface area (Å²) in [5, 5.41) is 3.95. The van der Waals surface area contributed by atoms with Crippen molar-refractivity contribution in [2.24, 2.45) is 0 Å². The maximum Gasteiger partial charge on any atom is 0.244 e. The highest BCUT2D eigenvalue weighted by atomic mass is 19.1. The lowest BCUT2D eigenvalue weighted by Gasteiger charge is -2.17. The number of anilines is 1. The van der Waals surface area contributed by atoms with Gasteiger partial charge in [-0.2, -0.15) is 5.10 Å². The van der Waals surface area contributed by atoms with Gasteiger partial charge in [0.05, 0.1) is 19.0 Å². The van der Waals surface area contributed by atoms with Crippen molar-refractivity contribution in [1.82, 2.24) is 14.7 Å². The summed E-state index contributed by atoms with van der Waals surface area (Å²) in [4.78, 5) is 13.5. The summed E-state index contributed by atoms with van der Waals surface area (Å²) in [6.45, 7) is 0.392. The van der Waals surface area contributed by atoms with Crippen molar-refractivity contribution in [2.75, 3.05) is 19.9 Å². The second kappa shape index (κ2) is 6.25. The first-order valence-electron chi connectivity index (χ1n) is 6.34. The van der Waals surface area contributed by atoms with Gasteiger partial charge in [0.15, 0.2) is 11.6 Å². The molecule has 0 saturated heterocycles. The fourth-order valence-corrected chi connectivity index (χ4v) is 1.90. The third kappa shape index (κ3) is 3.71. The summed E-state index contributed by atoms with van der Waals surface area (Å²) in [7, 11) is 3.06. The van der Waals surface area contributed by atoms with E-state index in [9.17, 15) is 9.18 Å². The number of nitrogen functional groups attached to an aromatic ring is 1. The summed E-state index contributed by atoms with van der Waals surface area (Å²) in [6.07, 6.45) is 3.06. The molecule has 0 aliphatic rings. The minimum absolute atomic E-state index is 0.0896. The quantitative estimate of drug-likeness (QED) is 0.900. The predicted molar refractivity (Wildman–Crippen MR) is 76.1 cm³/mol. The molecule has 1 amide bonds. The Labute approximate surface area is 121 Å². The van der Waals surface area contributed by atoms with E-state index in [0.29, 0.717) is 17.8 Å². The number of nitrogens with zero attached hydrogens (tertiary/aromatic N) is 3. The molecule has 21 heavy (non-hydrogen) atoms. The van der Waals surface area contributed by atoms with E-state index in [4.69, 9.17) is 10.5 Å². The number of amides is 1. The van der Waals surface area contributed by atoms with E-state index in [1.54, 1.807) is 19.3 Å². The van der Waals surface area contributed by atoms with E-state index < -0.39 is 5.82 Å². The molecule has 112 valence electrons. The van der Waals surface area contributed by atoms with Gasteiger partial charge in [-0.05, 0) is 17.7 Å². The van der Waals surface area contributed by atoms with Crippen molar-refractivity contribution >= 4 is 11.6 Å².